The second-order valence-electron chi connectivity index (χ2n) is 6.10. The van der Waals surface area contributed by atoms with Crippen LogP contribution in [0.5, 0.6) is 0 Å². The van der Waals surface area contributed by atoms with Crippen molar-refractivity contribution in [1.29, 1.82) is 0 Å². The second kappa shape index (κ2) is 9.45. The summed E-state index contributed by atoms with van der Waals surface area (Å²) < 4.78 is 0. The highest BCUT2D eigenvalue weighted by Crippen LogP contribution is 2.13. The predicted octanol–water partition coefficient (Wildman–Crippen LogP) is 2.86. The first kappa shape index (κ1) is 19.4. The smallest absolute Gasteiger partial charge is 0.325 e. The monoisotopic (exact) mass is 321 g/mol. The van der Waals surface area contributed by atoms with Crippen molar-refractivity contribution in [1.82, 2.24) is 19.8 Å². The molecule has 0 aromatic carbocycles. The maximum Gasteiger partial charge on any atom is 0.325 e. The molecule has 0 spiro atoms. The number of hydrogen-bond donors (Lipinski definition) is 0. The molecular weight excluding hydrogens is 290 g/mol. The van der Waals surface area contributed by atoms with Crippen molar-refractivity contribution >= 4 is 11.8 Å². The molecule has 1 heterocycles. The van der Waals surface area contributed by atoms with E-state index < -0.39 is 0 Å². The fourth-order valence-corrected chi connectivity index (χ4v) is 2.73. The standard InChI is InChI=1S/C17H31N5O/c1-7-20(8-2)17(23)22(16-13-18-9-10-19-16)12-11-21(14(3)4)15(5)6/h9-10,13-15H,7-8,11-12H2,1-6H3. The van der Waals surface area contributed by atoms with E-state index in [2.05, 4.69) is 42.6 Å². The molecule has 0 saturated heterocycles. The van der Waals surface area contributed by atoms with Gasteiger partial charge in [-0.25, -0.2) is 9.78 Å². The molecule has 0 atom stereocenters. The molecule has 6 heteroatoms. The first-order valence-electron chi connectivity index (χ1n) is 8.50. The highest BCUT2D eigenvalue weighted by molar-refractivity contribution is 5.90. The fourth-order valence-electron chi connectivity index (χ4n) is 2.73. The molecule has 2 amide bonds. The number of aromatic nitrogens is 2. The maximum absolute atomic E-state index is 12.8. The highest BCUT2D eigenvalue weighted by atomic mass is 16.2. The van der Waals surface area contributed by atoms with Gasteiger partial charge < -0.3 is 4.90 Å². The van der Waals surface area contributed by atoms with E-state index >= 15 is 0 Å². The van der Waals surface area contributed by atoms with Crippen molar-refractivity contribution in [2.75, 3.05) is 31.1 Å². The SMILES string of the molecule is CCN(CC)C(=O)N(CCN(C(C)C)C(C)C)c1cnccn1. The van der Waals surface area contributed by atoms with E-state index in [0.717, 1.165) is 6.54 Å². The molecule has 1 aromatic heterocycles. The molecule has 0 aliphatic heterocycles. The van der Waals surface area contributed by atoms with E-state index in [1.54, 1.807) is 23.5 Å². The molecule has 1 aromatic rings. The molecule has 0 aliphatic carbocycles. The third-order valence-corrected chi connectivity index (χ3v) is 4.00. The Morgan fingerprint density at radius 2 is 1.65 bits per heavy atom. The molecule has 0 N–H and O–H groups in total. The number of amides is 2. The van der Waals surface area contributed by atoms with E-state index in [9.17, 15) is 4.79 Å². The van der Waals surface area contributed by atoms with Crippen LogP contribution in [-0.4, -0.2) is 64.1 Å². The Labute approximate surface area is 140 Å². The summed E-state index contributed by atoms with van der Waals surface area (Å²) in [7, 11) is 0. The molecule has 0 aliphatic rings. The van der Waals surface area contributed by atoms with Gasteiger partial charge in [-0.15, -0.1) is 0 Å². The lowest BCUT2D eigenvalue weighted by Crippen LogP contribution is -2.48. The van der Waals surface area contributed by atoms with Gasteiger partial charge in [0.2, 0.25) is 0 Å². The summed E-state index contributed by atoms with van der Waals surface area (Å²) in [6.45, 7) is 15.5. The van der Waals surface area contributed by atoms with Gasteiger partial charge in [0, 0.05) is 50.7 Å². The average molecular weight is 321 g/mol. The predicted molar refractivity (Wildman–Crippen MR) is 94.7 cm³/mol. The Kier molecular flexibility index (Phi) is 7.95. The number of anilines is 1. The van der Waals surface area contributed by atoms with Crippen LogP contribution < -0.4 is 4.90 Å². The van der Waals surface area contributed by atoms with Crippen LogP contribution in [0.2, 0.25) is 0 Å². The summed E-state index contributed by atoms with van der Waals surface area (Å²) in [5.41, 5.74) is 0. The highest BCUT2D eigenvalue weighted by Gasteiger charge is 2.23. The molecule has 0 radical (unpaired) electrons. The lowest BCUT2D eigenvalue weighted by atomic mass is 10.2. The van der Waals surface area contributed by atoms with Crippen LogP contribution in [0.3, 0.4) is 0 Å². The van der Waals surface area contributed by atoms with Crippen LogP contribution in [0.25, 0.3) is 0 Å². The van der Waals surface area contributed by atoms with Gasteiger partial charge in [0.25, 0.3) is 0 Å². The number of hydrogen-bond acceptors (Lipinski definition) is 4. The summed E-state index contributed by atoms with van der Waals surface area (Å²) in [4.78, 5) is 27.2. The molecule has 1 rings (SSSR count). The van der Waals surface area contributed by atoms with Crippen molar-refractivity contribution in [3.8, 4) is 0 Å². The van der Waals surface area contributed by atoms with Crippen molar-refractivity contribution in [2.45, 2.75) is 53.6 Å². The Morgan fingerprint density at radius 1 is 1.04 bits per heavy atom. The largest absolute Gasteiger partial charge is 0.325 e. The number of rotatable bonds is 8. The summed E-state index contributed by atoms with van der Waals surface area (Å²) in [5.74, 6) is 0.608. The van der Waals surface area contributed by atoms with Gasteiger partial charge in [0.15, 0.2) is 5.82 Å². The van der Waals surface area contributed by atoms with Gasteiger partial charge in [-0.1, -0.05) is 0 Å². The average Bonchev–Trinajstić information content (AvgIpc) is 2.52. The van der Waals surface area contributed by atoms with Crippen LogP contribution in [0.1, 0.15) is 41.5 Å². The third kappa shape index (κ3) is 5.46. The third-order valence-electron chi connectivity index (χ3n) is 4.00. The van der Waals surface area contributed by atoms with E-state index in [-0.39, 0.29) is 6.03 Å². The lowest BCUT2D eigenvalue weighted by Gasteiger charge is -2.34. The summed E-state index contributed by atoms with van der Waals surface area (Å²) in [6.07, 6.45) is 4.90. The van der Waals surface area contributed by atoms with E-state index in [1.807, 2.05) is 18.7 Å². The Bertz CT molecular complexity index is 451. The normalized spacial score (nSPS) is 11.3. The number of urea groups is 1. The fraction of sp³-hybridized carbons (Fsp3) is 0.706. The molecule has 0 bridgehead atoms. The Balaban J connectivity index is 2.94. The van der Waals surface area contributed by atoms with Crippen LogP contribution in [0, 0.1) is 0 Å². The molecule has 23 heavy (non-hydrogen) atoms. The first-order chi connectivity index (χ1) is 10.9. The Hall–Kier alpha value is -1.69. The van der Waals surface area contributed by atoms with E-state index in [4.69, 9.17) is 0 Å². The van der Waals surface area contributed by atoms with E-state index in [0.29, 0.717) is 37.5 Å². The molecule has 0 saturated carbocycles. The second-order valence-corrected chi connectivity index (χ2v) is 6.10. The minimum atomic E-state index is -0.0111. The van der Waals surface area contributed by atoms with Crippen LogP contribution >= 0.6 is 0 Å². The van der Waals surface area contributed by atoms with Gasteiger partial charge in [-0.2, -0.15) is 0 Å². The molecule has 0 fully saturated rings. The van der Waals surface area contributed by atoms with Crippen LogP contribution in [0.4, 0.5) is 10.6 Å². The van der Waals surface area contributed by atoms with E-state index in [1.165, 1.54) is 0 Å². The zero-order chi connectivity index (χ0) is 17.4. The minimum Gasteiger partial charge on any atom is -0.325 e. The van der Waals surface area contributed by atoms with Crippen LogP contribution in [-0.2, 0) is 0 Å². The van der Waals surface area contributed by atoms with Crippen molar-refractivity contribution < 1.29 is 4.79 Å². The number of nitrogens with zero attached hydrogens (tertiary/aromatic N) is 5. The quantitative estimate of drug-likeness (QED) is 0.739. The van der Waals surface area contributed by atoms with Gasteiger partial charge >= 0.3 is 6.03 Å². The molecule has 0 unspecified atom stereocenters. The Morgan fingerprint density at radius 3 is 2.09 bits per heavy atom. The molecule has 6 nitrogen and oxygen atoms in total. The van der Waals surface area contributed by atoms with Gasteiger partial charge in [0.1, 0.15) is 0 Å². The molecule has 130 valence electrons. The van der Waals surface area contributed by atoms with Crippen LogP contribution in [0.15, 0.2) is 18.6 Å². The van der Waals surface area contributed by atoms with Crippen molar-refractivity contribution in [3.05, 3.63) is 18.6 Å². The van der Waals surface area contributed by atoms with Gasteiger partial charge in [-0.05, 0) is 41.5 Å². The first-order valence-corrected chi connectivity index (χ1v) is 8.50. The zero-order valence-electron chi connectivity index (χ0n) is 15.4. The lowest BCUT2D eigenvalue weighted by molar-refractivity contribution is 0.175. The summed E-state index contributed by atoms with van der Waals surface area (Å²) >= 11 is 0. The topological polar surface area (TPSA) is 52.6 Å². The van der Waals surface area contributed by atoms with Crippen molar-refractivity contribution in [2.24, 2.45) is 0 Å². The number of carbonyl (C=O) groups excluding carboxylic acids is 1. The minimum absolute atomic E-state index is 0.0111. The molecular formula is C17H31N5O. The van der Waals surface area contributed by atoms with Gasteiger partial charge in [0.05, 0.1) is 6.20 Å². The zero-order valence-corrected chi connectivity index (χ0v) is 15.4. The maximum atomic E-state index is 12.8. The van der Waals surface area contributed by atoms with Crippen molar-refractivity contribution in [3.63, 3.8) is 0 Å². The van der Waals surface area contributed by atoms with Gasteiger partial charge in [-0.3, -0.25) is 14.8 Å². The summed E-state index contributed by atoms with van der Waals surface area (Å²) in [6, 6.07) is 0.854. The summed E-state index contributed by atoms with van der Waals surface area (Å²) in [5, 5.41) is 0. The number of carbonyl (C=O) groups is 1.